The largest absolute Gasteiger partial charge is 0.361 e. The van der Waals surface area contributed by atoms with E-state index in [0.29, 0.717) is 0 Å². The van der Waals surface area contributed by atoms with Crippen molar-refractivity contribution < 1.29 is 26.7 Å². The minimum atomic E-state index is -2.71. The molecular formula is C13H11F5O. The predicted molar refractivity (Wildman–Crippen MR) is 56.3 cm³/mol. The highest BCUT2D eigenvalue weighted by atomic mass is 19.3. The average Bonchev–Trinajstić information content (AvgIpc) is 3.06. The predicted octanol–water partition coefficient (Wildman–Crippen LogP) is 4.12. The molecule has 3 rings (SSSR count). The molecular weight excluding hydrogens is 267 g/mol. The van der Waals surface area contributed by atoms with Gasteiger partial charge in [-0.3, -0.25) is 0 Å². The molecule has 1 aromatic carbocycles. The Morgan fingerprint density at radius 1 is 0.947 bits per heavy atom. The van der Waals surface area contributed by atoms with Gasteiger partial charge < -0.3 is 4.74 Å². The Hall–Kier alpha value is -1.17. The summed E-state index contributed by atoms with van der Waals surface area (Å²) < 4.78 is 71.0. The van der Waals surface area contributed by atoms with Crippen molar-refractivity contribution in [1.29, 1.82) is 0 Å². The van der Waals surface area contributed by atoms with Crippen molar-refractivity contribution in [2.45, 2.75) is 43.3 Å². The standard InChI is InChI=1S/C13H11F5O/c14-8-2-1-7(9(15)10(8)16)11-12(19-11)3-5-13(17,18)6-4-12/h1-2,11H,3-6H2. The van der Waals surface area contributed by atoms with Crippen molar-refractivity contribution in [2.24, 2.45) is 0 Å². The highest BCUT2D eigenvalue weighted by molar-refractivity contribution is 5.30. The van der Waals surface area contributed by atoms with Crippen molar-refractivity contribution in [3.63, 3.8) is 0 Å². The van der Waals surface area contributed by atoms with E-state index < -0.39 is 35.1 Å². The molecule has 1 saturated carbocycles. The lowest BCUT2D eigenvalue weighted by molar-refractivity contribution is -0.0508. The van der Waals surface area contributed by atoms with Crippen molar-refractivity contribution in [3.05, 3.63) is 35.1 Å². The zero-order valence-corrected chi connectivity index (χ0v) is 9.86. The van der Waals surface area contributed by atoms with Gasteiger partial charge >= 0.3 is 0 Å². The fourth-order valence-electron chi connectivity index (χ4n) is 2.71. The zero-order valence-electron chi connectivity index (χ0n) is 9.86. The molecule has 19 heavy (non-hydrogen) atoms. The third-order valence-electron chi connectivity index (χ3n) is 3.95. The first-order chi connectivity index (χ1) is 8.85. The van der Waals surface area contributed by atoms with Crippen molar-refractivity contribution in [2.75, 3.05) is 0 Å². The van der Waals surface area contributed by atoms with E-state index >= 15 is 0 Å². The Kier molecular flexibility index (Phi) is 2.64. The normalized spacial score (nSPS) is 27.5. The molecule has 1 nitrogen and oxygen atoms in total. The second-order valence-electron chi connectivity index (χ2n) is 5.18. The maximum Gasteiger partial charge on any atom is 0.248 e. The fraction of sp³-hybridized carbons (Fsp3) is 0.538. The van der Waals surface area contributed by atoms with Gasteiger partial charge in [0, 0.05) is 18.4 Å². The SMILES string of the molecule is Fc1ccc(C2OC23CCC(F)(F)CC3)c(F)c1F. The summed E-state index contributed by atoms with van der Waals surface area (Å²) in [5, 5.41) is 0. The van der Waals surface area contributed by atoms with Crippen LogP contribution in [0.25, 0.3) is 0 Å². The topological polar surface area (TPSA) is 12.5 Å². The third kappa shape index (κ3) is 2.02. The second kappa shape index (κ2) is 3.91. The highest BCUT2D eigenvalue weighted by Crippen LogP contribution is 2.60. The quantitative estimate of drug-likeness (QED) is 0.427. The molecule has 0 bridgehead atoms. The highest BCUT2D eigenvalue weighted by Gasteiger charge is 2.61. The number of hydrogen-bond donors (Lipinski definition) is 0. The van der Waals surface area contributed by atoms with Crippen molar-refractivity contribution >= 4 is 0 Å². The minimum absolute atomic E-state index is 0.0934. The van der Waals surface area contributed by atoms with Gasteiger partial charge in [-0.25, -0.2) is 22.0 Å². The lowest BCUT2D eigenvalue weighted by atomic mass is 9.82. The van der Waals surface area contributed by atoms with E-state index in [1.165, 1.54) is 0 Å². The summed E-state index contributed by atoms with van der Waals surface area (Å²) in [5.41, 5.74) is -0.920. The molecule has 1 spiro atoms. The van der Waals surface area contributed by atoms with Gasteiger partial charge in [-0.2, -0.15) is 0 Å². The van der Waals surface area contributed by atoms with Crippen molar-refractivity contribution in [3.8, 4) is 0 Å². The van der Waals surface area contributed by atoms with Crippen LogP contribution in [0.5, 0.6) is 0 Å². The van der Waals surface area contributed by atoms with E-state index in [1.807, 2.05) is 0 Å². The molecule has 1 saturated heterocycles. The summed E-state index contributed by atoms with van der Waals surface area (Å²) >= 11 is 0. The Morgan fingerprint density at radius 2 is 1.58 bits per heavy atom. The van der Waals surface area contributed by atoms with E-state index in [0.717, 1.165) is 12.1 Å². The first kappa shape index (κ1) is 12.8. The van der Waals surface area contributed by atoms with E-state index in [9.17, 15) is 22.0 Å². The smallest absolute Gasteiger partial charge is 0.248 e. The monoisotopic (exact) mass is 278 g/mol. The van der Waals surface area contributed by atoms with E-state index in [-0.39, 0.29) is 31.2 Å². The number of benzene rings is 1. The number of epoxide rings is 1. The molecule has 1 unspecified atom stereocenters. The summed E-state index contributed by atoms with van der Waals surface area (Å²) in [6, 6.07) is 1.93. The molecule has 1 aliphatic heterocycles. The van der Waals surface area contributed by atoms with Gasteiger partial charge in [0.05, 0.1) is 5.60 Å². The summed E-state index contributed by atoms with van der Waals surface area (Å²) in [4.78, 5) is 0. The Labute approximate surface area is 106 Å². The number of alkyl halides is 2. The molecule has 104 valence electrons. The van der Waals surface area contributed by atoms with Crippen LogP contribution >= 0.6 is 0 Å². The molecule has 2 fully saturated rings. The zero-order chi connectivity index (χ0) is 13.8. The van der Waals surface area contributed by atoms with Gasteiger partial charge in [0.25, 0.3) is 0 Å². The van der Waals surface area contributed by atoms with Crippen LogP contribution in [0.2, 0.25) is 0 Å². The van der Waals surface area contributed by atoms with Crippen LogP contribution in [-0.2, 0) is 4.74 Å². The molecule has 6 heteroatoms. The molecule has 1 atom stereocenters. The average molecular weight is 278 g/mol. The molecule has 0 aromatic heterocycles. The third-order valence-corrected chi connectivity index (χ3v) is 3.95. The van der Waals surface area contributed by atoms with Gasteiger partial charge in [0.1, 0.15) is 6.10 Å². The number of ether oxygens (including phenoxy) is 1. The molecule has 1 aliphatic carbocycles. The van der Waals surface area contributed by atoms with Crippen LogP contribution in [0, 0.1) is 17.5 Å². The first-order valence-corrected chi connectivity index (χ1v) is 6.04. The van der Waals surface area contributed by atoms with Gasteiger partial charge in [0.15, 0.2) is 17.5 Å². The van der Waals surface area contributed by atoms with Crippen LogP contribution < -0.4 is 0 Å². The Balaban J connectivity index is 1.82. The second-order valence-corrected chi connectivity index (χ2v) is 5.18. The van der Waals surface area contributed by atoms with Gasteiger partial charge in [-0.15, -0.1) is 0 Å². The Morgan fingerprint density at radius 3 is 2.21 bits per heavy atom. The number of hydrogen-bond acceptors (Lipinski definition) is 1. The van der Waals surface area contributed by atoms with Gasteiger partial charge in [-0.05, 0) is 18.9 Å². The van der Waals surface area contributed by atoms with E-state index in [2.05, 4.69) is 0 Å². The molecule has 2 aliphatic rings. The summed E-state index contributed by atoms with van der Waals surface area (Å²) in [5.74, 6) is -6.83. The molecule has 0 radical (unpaired) electrons. The number of halogens is 5. The van der Waals surface area contributed by atoms with E-state index in [1.54, 1.807) is 0 Å². The van der Waals surface area contributed by atoms with Gasteiger partial charge in [0.2, 0.25) is 5.92 Å². The van der Waals surface area contributed by atoms with Gasteiger partial charge in [-0.1, -0.05) is 6.07 Å². The van der Waals surface area contributed by atoms with Crippen LogP contribution in [0.3, 0.4) is 0 Å². The Bertz CT molecular complexity index is 518. The summed E-state index contributed by atoms with van der Waals surface area (Å²) in [7, 11) is 0. The molecule has 0 N–H and O–H groups in total. The minimum Gasteiger partial charge on any atom is -0.361 e. The van der Waals surface area contributed by atoms with E-state index in [4.69, 9.17) is 4.74 Å². The van der Waals surface area contributed by atoms with Crippen LogP contribution in [0.15, 0.2) is 12.1 Å². The maximum absolute atomic E-state index is 13.6. The van der Waals surface area contributed by atoms with Crippen LogP contribution in [-0.4, -0.2) is 11.5 Å². The van der Waals surface area contributed by atoms with Crippen molar-refractivity contribution in [1.82, 2.24) is 0 Å². The summed E-state index contributed by atoms with van der Waals surface area (Å²) in [6.07, 6.45) is -1.20. The maximum atomic E-state index is 13.6. The summed E-state index contributed by atoms with van der Waals surface area (Å²) in [6.45, 7) is 0. The van der Waals surface area contributed by atoms with Crippen LogP contribution in [0.1, 0.15) is 37.4 Å². The molecule has 0 amide bonds. The fourth-order valence-corrected chi connectivity index (χ4v) is 2.71. The first-order valence-electron chi connectivity index (χ1n) is 6.04. The molecule has 1 aromatic rings. The lowest BCUT2D eigenvalue weighted by Crippen LogP contribution is -2.30. The molecule has 1 heterocycles. The lowest BCUT2D eigenvalue weighted by Gasteiger charge is -2.26. The number of rotatable bonds is 1. The van der Waals surface area contributed by atoms with Crippen LogP contribution in [0.4, 0.5) is 22.0 Å².